The number of hydrogen-bond donors (Lipinski definition) is 1. The zero-order chi connectivity index (χ0) is 9.84. The number of rotatable bonds is 3. The van der Waals surface area contributed by atoms with Gasteiger partial charge < -0.3 is 5.73 Å². The summed E-state index contributed by atoms with van der Waals surface area (Å²) >= 11 is 0. The molecule has 0 heterocycles. The monoisotopic (exact) mass is 179 g/mol. The molecule has 0 aliphatic heterocycles. The molecule has 1 atom stereocenters. The van der Waals surface area contributed by atoms with Crippen molar-refractivity contribution in [1.29, 1.82) is 0 Å². The summed E-state index contributed by atoms with van der Waals surface area (Å²) in [5, 5.41) is 0. The van der Waals surface area contributed by atoms with Crippen molar-refractivity contribution < 1.29 is 0 Å². The zero-order valence-corrected chi connectivity index (χ0v) is 9.01. The Hall–Kier alpha value is -0.560. The van der Waals surface area contributed by atoms with E-state index in [0.29, 0.717) is 5.92 Å². The molecule has 1 aliphatic carbocycles. The highest BCUT2D eigenvalue weighted by Gasteiger charge is 2.12. The van der Waals surface area contributed by atoms with Crippen LogP contribution in [0, 0.1) is 5.92 Å². The minimum absolute atomic E-state index is 0.282. The zero-order valence-electron chi connectivity index (χ0n) is 9.01. The van der Waals surface area contributed by atoms with Crippen LogP contribution >= 0.6 is 0 Å². The highest BCUT2D eigenvalue weighted by Crippen LogP contribution is 2.22. The van der Waals surface area contributed by atoms with Crippen molar-refractivity contribution in [2.24, 2.45) is 11.7 Å². The SMILES string of the molecule is CC1=CC=C(C(N)CC(C)C)CC1. The molecule has 1 aliphatic rings. The van der Waals surface area contributed by atoms with E-state index in [2.05, 4.69) is 32.9 Å². The third-order valence-electron chi connectivity index (χ3n) is 2.59. The van der Waals surface area contributed by atoms with E-state index in [1.807, 2.05) is 0 Å². The van der Waals surface area contributed by atoms with E-state index in [1.165, 1.54) is 17.6 Å². The fourth-order valence-corrected chi connectivity index (χ4v) is 1.73. The van der Waals surface area contributed by atoms with Crippen molar-refractivity contribution in [3.63, 3.8) is 0 Å². The van der Waals surface area contributed by atoms with Crippen molar-refractivity contribution >= 4 is 0 Å². The Morgan fingerprint density at radius 2 is 2.00 bits per heavy atom. The molecule has 2 N–H and O–H groups in total. The lowest BCUT2D eigenvalue weighted by Gasteiger charge is -2.20. The Balaban J connectivity index is 2.52. The molecule has 0 saturated heterocycles. The van der Waals surface area contributed by atoms with E-state index in [9.17, 15) is 0 Å². The molecule has 0 saturated carbocycles. The molecule has 0 aromatic heterocycles. The van der Waals surface area contributed by atoms with Gasteiger partial charge in [-0.1, -0.05) is 37.1 Å². The normalized spacial score (nSPS) is 19.8. The van der Waals surface area contributed by atoms with Crippen LogP contribution in [-0.2, 0) is 0 Å². The molecular weight excluding hydrogens is 158 g/mol. The fourth-order valence-electron chi connectivity index (χ4n) is 1.73. The molecule has 1 nitrogen and oxygen atoms in total. The Bertz CT molecular complexity index is 223. The van der Waals surface area contributed by atoms with Gasteiger partial charge in [0, 0.05) is 6.04 Å². The van der Waals surface area contributed by atoms with Crippen molar-refractivity contribution in [2.75, 3.05) is 0 Å². The first kappa shape index (κ1) is 10.5. The lowest BCUT2D eigenvalue weighted by molar-refractivity contribution is 0.522. The molecule has 74 valence electrons. The maximum atomic E-state index is 6.10. The van der Waals surface area contributed by atoms with E-state index in [0.717, 1.165) is 12.8 Å². The first-order valence-corrected chi connectivity index (χ1v) is 5.21. The summed E-state index contributed by atoms with van der Waals surface area (Å²) in [6.45, 7) is 6.63. The Kier molecular flexibility index (Phi) is 3.73. The molecule has 0 amide bonds. The summed E-state index contributed by atoms with van der Waals surface area (Å²) in [6.07, 6.45) is 7.89. The van der Waals surface area contributed by atoms with Crippen LogP contribution < -0.4 is 5.73 Å². The largest absolute Gasteiger partial charge is 0.324 e. The molecule has 1 heteroatoms. The van der Waals surface area contributed by atoms with Crippen molar-refractivity contribution in [3.8, 4) is 0 Å². The first-order chi connectivity index (χ1) is 6.09. The molecule has 0 aromatic carbocycles. The van der Waals surface area contributed by atoms with Crippen LogP contribution in [-0.4, -0.2) is 6.04 Å². The summed E-state index contributed by atoms with van der Waals surface area (Å²) in [6, 6.07) is 0.282. The molecule has 13 heavy (non-hydrogen) atoms. The van der Waals surface area contributed by atoms with Crippen LogP contribution in [0.2, 0.25) is 0 Å². The lowest BCUT2D eigenvalue weighted by atomic mass is 9.90. The van der Waals surface area contributed by atoms with E-state index in [1.54, 1.807) is 0 Å². The van der Waals surface area contributed by atoms with E-state index < -0.39 is 0 Å². The Morgan fingerprint density at radius 1 is 1.31 bits per heavy atom. The van der Waals surface area contributed by atoms with Gasteiger partial charge in [0.2, 0.25) is 0 Å². The van der Waals surface area contributed by atoms with Gasteiger partial charge in [0.05, 0.1) is 0 Å². The van der Waals surface area contributed by atoms with Crippen LogP contribution in [0.1, 0.15) is 40.0 Å². The van der Waals surface area contributed by atoms with Crippen molar-refractivity contribution in [2.45, 2.75) is 46.1 Å². The van der Waals surface area contributed by atoms with Gasteiger partial charge in [0.25, 0.3) is 0 Å². The summed E-state index contributed by atoms with van der Waals surface area (Å²) < 4.78 is 0. The van der Waals surface area contributed by atoms with Gasteiger partial charge in [0.1, 0.15) is 0 Å². The van der Waals surface area contributed by atoms with Crippen molar-refractivity contribution in [3.05, 3.63) is 23.3 Å². The van der Waals surface area contributed by atoms with Crippen LogP contribution in [0.4, 0.5) is 0 Å². The smallest absolute Gasteiger partial charge is 0.0259 e. The molecule has 0 fully saturated rings. The van der Waals surface area contributed by atoms with Crippen LogP contribution in [0.15, 0.2) is 23.3 Å². The van der Waals surface area contributed by atoms with E-state index in [4.69, 9.17) is 5.73 Å². The summed E-state index contributed by atoms with van der Waals surface area (Å²) in [4.78, 5) is 0. The molecule has 1 unspecified atom stereocenters. The summed E-state index contributed by atoms with van der Waals surface area (Å²) in [5.74, 6) is 0.697. The van der Waals surface area contributed by atoms with Gasteiger partial charge in [-0.25, -0.2) is 0 Å². The minimum Gasteiger partial charge on any atom is -0.324 e. The quantitative estimate of drug-likeness (QED) is 0.708. The highest BCUT2D eigenvalue weighted by atomic mass is 14.6. The Morgan fingerprint density at radius 3 is 2.46 bits per heavy atom. The van der Waals surface area contributed by atoms with Gasteiger partial charge in [-0.05, 0) is 32.1 Å². The van der Waals surface area contributed by atoms with Gasteiger partial charge in [0.15, 0.2) is 0 Å². The van der Waals surface area contributed by atoms with Gasteiger partial charge >= 0.3 is 0 Å². The van der Waals surface area contributed by atoms with Gasteiger partial charge in [-0.3, -0.25) is 0 Å². The van der Waals surface area contributed by atoms with Crippen LogP contribution in [0.3, 0.4) is 0 Å². The molecule has 0 spiro atoms. The van der Waals surface area contributed by atoms with Crippen molar-refractivity contribution in [1.82, 2.24) is 0 Å². The second-order valence-electron chi connectivity index (χ2n) is 4.49. The third-order valence-corrected chi connectivity index (χ3v) is 2.59. The van der Waals surface area contributed by atoms with Gasteiger partial charge in [-0.2, -0.15) is 0 Å². The number of allylic oxidation sites excluding steroid dienone is 3. The maximum absolute atomic E-state index is 6.10. The lowest BCUT2D eigenvalue weighted by Crippen LogP contribution is -2.25. The summed E-state index contributed by atoms with van der Waals surface area (Å²) in [5.41, 5.74) is 9.00. The predicted molar refractivity (Wildman–Crippen MR) is 58.5 cm³/mol. The first-order valence-electron chi connectivity index (χ1n) is 5.21. The van der Waals surface area contributed by atoms with E-state index in [-0.39, 0.29) is 6.04 Å². The van der Waals surface area contributed by atoms with E-state index >= 15 is 0 Å². The Labute approximate surface area is 81.7 Å². The topological polar surface area (TPSA) is 26.0 Å². The average molecular weight is 179 g/mol. The molecule has 0 bridgehead atoms. The third kappa shape index (κ3) is 3.35. The highest BCUT2D eigenvalue weighted by molar-refractivity contribution is 5.25. The fraction of sp³-hybridized carbons (Fsp3) is 0.667. The molecule has 0 radical (unpaired) electrons. The molecular formula is C12H21N. The molecule has 1 rings (SSSR count). The predicted octanol–water partition coefficient (Wildman–Crippen LogP) is 3.03. The minimum atomic E-state index is 0.282. The standard InChI is InChI=1S/C12H21N/c1-9(2)8-12(13)11-6-4-10(3)5-7-11/h4,6,9,12H,5,7-8,13H2,1-3H3. The summed E-state index contributed by atoms with van der Waals surface area (Å²) in [7, 11) is 0. The van der Waals surface area contributed by atoms with Crippen LogP contribution in [0.5, 0.6) is 0 Å². The average Bonchev–Trinajstić information content (AvgIpc) is 2.04. The number of nitrogens with two attached hydrogens (primary N) is 1. The number of hydrogen-bond acceptors (Lipinski definition) is 1. The van der Waals surface area contributed by atoms with Crippen LogP contribution in [0.25, 0.3) is 0 Å². The maximum Gasteiger partial charge on any atom is 0.0259 e. The second kappa shape index (κ2) is 4.61. The molecule has 0 aromatic rings. The van der Waals surface area contributed by atoms with Gasteiger partial charge in [-0.15, -0.1) is 0 Å². The second-order valence-corrected chi connectivity index (χ2v) is 4.49.